The monoisotopic (exact) mass is 424 g/mol. The Kier molecular flexibility index (Phi) is 6.87. The van der Waals surface area contributed by atoms with Gasteiger partial charge in [-0.3, -0.25) is 9.69 Å². The lowest BCUT2D eigenvalue weighted by molar-refractivity contribution is -0.109. The molecule has 2 aliphatic rings. The fourth-order valence-corrected chi connectivity index (χ4v) is 5.49. The van der Waals surface area contributed by atoms with Gasteiger partial charge in [-0.15, -0.1) is 6.58 Å². The highest BCUT2D eigenvalue weighted by molar-refractivity contribution is 7.92. The fraction of sp³-hybridized carbons (Fsp3) is 0.474. The molecule has 2 heterocycles. The molecule has 28 heavy (non-hydrogen) atoms. The number of carbonyl (C=O) groups excluding carboxylic acids is 1. The summed E-state index contributed by atoms with van der Waals surface area (Å²) in [5.41, 5.74) is 6.66. The van der Waals surface area contributed by atoms with E-state index < -0.39 is 21.4 Å². The highest BCUT2D eigenvalue weighted by Gasteiger charge is 2.32. The Morgan fingerprint density at radius 1 is 1.29 bits per heavy atom. The van der Waals surface area contributed by atoms with Gasteiger partial charge in [-0.2, -0.15) is 0 Å². The summed E-state index contributed by atoms with van der Waals surface area (Å²) in [6.07, 6.45) is 3.52. The zero-order valence-electron chi connectivity index (χ0n) is 15.6. The lowest BCUT2D eigenvalue weighted by Gasteiger charge is -2.36. The smallest absolute Gasteiger partial charge is 0.174 e. The van der Waals surface area contributed by atoms with Crippen molar-refractivity contribution in [2.45, 2.75) is 36.7 Å². The van der Waals surface area contributed by atoms with Crippen molar-refractivity contribution < 1.29 is 13.2 Å². The molecule has 3 rings (SSSR count). The van der Waals surface area contributed by atoms with Crippen molar-refractivity contribution in [2.75, 3.05) is 18.8 Å². The van der Waals surface area contributed by atoms with Gasteiger partial charge in [-0.1, -0.05) is 29.8 Å². The summed E-state index contributed by atoms with van der Waals surface area (Å²) < 4.78 is 25.7. The summed E-state index contributed by atoms with van der Waals surface area (Å²) >= 11 is 5.96. The van der Waals surface area contributed by atoms with E-state index in [-0.39, 0.29) is 12.2 Å². The van der Waals surface area contributed by atoms with Crippen molar-refractivity contribution in [3.05, 3.63) is 47.5 Å². The van der Waals surface area contributed by atoms with Crippen molar-refractivity contribution in [2.24, 2.45) is 4.99 Å². The number of piperidine rings is 1. The number of hydrazine groups is 1. The van der Waals surface area contributed by atoms with Crippen LogP contribution in [0.4, 0.5) is 0 Å². The molecule has 0 spiro atoms. The van der Waals surface area contributed by atoms with Gasteiger partial charge in [0.15, 0.2) is 22.3 Å². The summed E-state index contributed by atoms with van der Waals surface area (Å²) in [7, 11) is -3.42. The maximum Gasteiger partial charge on any atom is 0.174 e. The van der Waals surface area contributed by atoms with Crippen LogP contribution in [0.15, 0.2) is 41.9 Å². The third-order valence-electron chi connectivity index (χ3n) is 5.21. The predicted octanol–water partition coefficient (Wildman–Crippen LogP) is 1.87. The van der Waals surface area contributed by atoms with Crippen molar-refractivity contribution in [3.8, 4) is 0 Å². The van der Waals surface area contributed by atoms with Gasteiger partial charge in [0.2, 0.25) is 0 Å². The van der Waals surface area contributed by atoms with E-state index in [0.717, 1.165) is 17.9 Å². The minimum atomic E-state index is -3.42. The van der Waals surface area contributed by atoms with Gasteiger partial charge in [0.25, 0.3) is 0 Å². The number of benzene rings is 1. The molecule has 7 nitrogen and oxygen atoms in total. The highest BCUT2D eigenvalue weighted by Crippen LogP contribution is 2.30. The van der Waals surface area contributed by atoms with E-state index in [1.807, 2.05) is 29.2 Å². The molecule has 0 radical (unpaired) electrons. The molecular formula is C19H25ClN4O3S. The maximum absolute atomic E-state index is 12.9. The Hall–Kier alpha value is -1.74. The third kappa shape index (κ3) is 5.00. The van der Waals surface area contributed by atoms with Crippen molar-refractivity contribution in [1.29, 1.82) is 0 Å². The highest BCUT2D eigenvalue weighted by atomic mass is 35.5. The molecule has 0 saturated carbocycles. The molecule has 0 amide bonds. The zero-order chi connectivity index (χ0) is 20.1. The molecule has 0 bridgehead atoms. The first kappa shape index (κ1) is 21.0. The average molecular weight is 425 g/mol. The summed E-state index contributed by atoms with van der Waals surface area (Å²) in [6.45, 7) is 5.14. The number of aliphatic imine (C=N–C) groups is 1. The van der Waals surface area contributed by atoms with Gasteiger partial charge in [0.1, 0.15) is 11.2 Å². The minimum Gasteiger partial charge on any atom is -0.307 e. The summed E-state index contributed by atoms with van der Waals surface area (Å²) in [4.78, 5) is 16.8. The molecule has 9 heteroatoms. The number of likely N-dealkylation sites (tertiary alicyclic amines) is 1. The molecule has 1 aromatic rings. The number of nitrogens with one attached hydrogen (secondary N) is 2. The van der Waals surface area contributed by atoms with E-state index in [1.54, 1.807) is 0 Å². The van der Waals surface area contributed by atoms with Crippen LogP contribution in [-0.4, -0.2) is 55.8 Å². The van der Waals surface area contributed by atoms with Gasteiger partial charge in [0.05, 0.1) is 5.75 Å². The number of hydrogen-bond acceptors (Lipinski definition) is 7. The SMILES string of the molecule is C=CC(N1CCC(c2ccc(Cl)cc2)CC1)S(=O)(=O)CCC1=NC(C=O)NN1. The van der Waals surface area contributed by atoms with Crippen LogP contribution in [0.2, 0.25) is 5.02 Å². The van der Waals surface area contributed by atoms with Crippen LogP contribution in [0.25, 0.3) is 0 Å². The molecule has 2 atom stereocenters. The Morgan fingerprint density at radius 2 is 1.96 bits per heavy atom. The molecule has 1 saturated heterocycles. The van der Waals surface area contributed by atoms with Crippen LogP contribution in [0.5, 0.6) is 0 Å². The number of aldehydes is 1. The third-order valence-corrected chi connectivity index (χ3v) is 7.46. The van der Waals surface area contributed by atoms with Gasteiger partial charge in [-0.25, -0.2) is 18.8 Å². The van der Waals surface area contributed by atoms with Gasteiger partial charge in [-0.05, 0) is 36.5 Å². The number of hydrogen-bond donors (Lipinski definition) is 2. The van der Waals surface area contributed by atoms with Crippen molar-refractivity contribution >= 4 is 33.6 Å². The zero-order valence-corrected chi connectivity index (χ0v) is 17.1. The van der Waals surface area contributed by atoms with E-state index in [9.17, 15) is 13.2 Å². The Bertz CT molecular complexity index is 833. The summed E-state index contributed by atoms with van der Waals surface area (Å²) in [5, 5.41) is 0.00511. The number of amidine groups is 1. The first-order valence-corrected chi connectivity index (χ1v) is 11.4. The molecule has 2 unspecified atom stereocenters. The van der Waals surface area contributed by atoms with Crippen LogP contribution in [-0.2, 0) is 14.6 Å². The van der Waals surface area contributed by atoms with Crippen molar-refractivity contribution in [3.63, 3.8) is 0 Å². The molecular weight excluding hydrogens is 400 g/mol. The van der Waals surface area contributed by atoms with Crippen LogP contribution in [0.3, 0.4) is 0 Å². The largest absolute Gasteiger partial charge is 0.307 e. The minimum absolute atomic E-state index is 0.0557. The Morgan fingerprint density at radius 3 is 2.54 bits per heavy atom. The van der Waals surface area contributed by atoms with Crippen LogP contribution in [0, 0.1) is 0 Å². The van der Waals surface area contributed by atoms with E-state index in [2.05, 4.69) is 22.4 Å². The number of carbonyl (C=O) groups is 1. The second kappa shape index (κ2) is 9.17. The summed E-state index contributed by atoms with van der Waals surface area (Å²) in [6, 6.07) is 7.87. The predicted molar refractivity (Wildman–Crippen MR) is 111 cm³/mol. The summed E-state index contributed by atoms with van der Waals surface area (Å²) in [5.74, 6) is 0.829. The van der Waals surface area contributed by atoms with Gasteiger partial charge >= 0.3 is 0 Å². The fourth-order valence-electron chi connectivity index (χ4n) is 3.69. The van der Waals surface area contributed by atoms with Crippen molar-refractivity contribution in [1.82, 2.24) is 15.8 Å². The normalized spacial score (nSPS) is 22.3. The standard InChI is InChI=1S/C19H25ClN4O3S/c1-2-19(28(26,27)12-9-17-21-18(13-25)23-22-17)24-10-7-15(8-11-24)14-3-5-16(20)6-4-14/h2-6,13,15,18-19,23H,1,7-12H2,(H,21,22). The number of sulfone groups is 1. The maximum atomic E-state index is 12.9. The number of rotatable bonds is 8. The lowest BCUT2D eigenvalue weighted by Crippen LogP contribution is -2.45. The number of nitrogens with zero attached hydrogens (tertiary/aromatic N) is 2. The Labute approximate surface area is 170 Å². The quantitative estimate of drug-likeness (QED) is 0.489. The molecule has 1 fully saturated rings. The second-order valence-corrected chi connectivity index (χ2v) is 9.68. The van der Waals surface area contributed by atoms with Crippen LogP contribution < -0.4 is 10.9 Å². The topological polar surface area (TPSA) is 90.9 Å². The van der Waals surface area contributed by atoms with E-state index in [1.165, 1.54) is 11.6 Å². The molecule has 2 aliphatic heterocycles. The molecule has 2 N–H and O–H groups in total. The first-order valence-electron chi connectivity index (χ1n) is 9.30. The molecule has 1 aromatic carbocycles. The molecule has 0 aromatic heterocycles. The van der Waals surface area contributed by atoms with E-state index >= 15 is 0 Å². The Balaban J connectivity index is 1.58. The van der Waals surface area contributed by atoms with E-state index in [4.69, 9.17) is 11.6 Å². The average Bonchev–Trinajstić information content (AvgIpc) is 3.16. The van der Waals surface area contributed by atoms with Gasteiger partial charge in [0, 0.05) is 24.5 Å². The molecule has 0 aliphatic carbocycles. The molecule has 152 valence electrons. The first-order chi connectivity index (χ1) is 13.4. The lowest BCUT2D eigenvalue weighted by atomic mass is 9.89. The van der Waals surface area contributed by atoms with Gasteiger partial charge < -0.3 is 5.43 Å². The second-order valence-electron chi connectivity index (χ2n) is 7.03. The van der Waals surface area contributed by atoms with E-state index in [0.29, 0.717) is 31.1 Å². The van der Waals surface area contributed by atoms with Crippen LogP contribution in [0.1, 0.15) is 30.7 Å². The van der Waals surface area contributed by atoms with Crippen LogP contribution >= 0.6 is 11.6 Å². The number of halogens is 1.